The van der Waals surface area contributed by atoms with E-state index >= 15 is 0 Å². The first kappa shape index (κ1) is 45.2. The maximum atomic E-state index is 14.5. The number of H-pyrrole nitrogens is 2. The summed E-state index contributed by atoms with van der Waals surface area (Å²) in [6, 6.07) is 7.28. The molecule has 0 spiro atoms. The van der Waals surface area contributed by atoms with Gasteiger partial charge in [-0.05, 0) is 75.4 Å². The van der Waals surface area contributed by atoms with Crippen LogP contribution in [0.3, 0.4) is 0 Å². The Morgan fingerprint density at radius 2 is 1.28 bits per heavy atom. The second kappa shape index (κ2) is 20.6. The average molecular weight is 926 g/mol. The summed E-state index contributed by atoms with van der Waals surface area (Å²) in [5.41, 5.74) is 3.60. The summed E-state index contributed by atoms with van der Waals surface area (Å²) < 4.78 is 28.9. The topological polar surface area (TPSA) is 190 Å². The number of anilines is 2. The zero-order chi connectivity index (χ0) is 45.5. The number of likely N-dealkylation sites (tertiary alicyclic amines) is 2. The molecule has 2 amide bonds. The van der Waals surface area contributed by atoms with Crippen LogP contribution in [0.15, 0.2) is 73.8 Å². The number of amides is 2. The number of rotatable bonds is 12. The van der Waals surface area contributed by atoms with Crippen molar-refractivity contribution in [1.82, 2.24) is 59.6 Å². The van der Waals surface area contributed by atoms with Crippen LogP contribution in [-0.4, -0.2) is 131 Å². The summed E-state index contributed by atoms with van der Waals surface area (Å²) in [4.78, 5) is 66.5. The van der Waals surface area contributed by atoms with Gasteiger partial charge in [-0.25, -0.2) is 38.7 Å². The lowest BCUT2D eigenvalue weighted by Crippen LogP contribution is -2.45. The first-order valence-corrected chi connectivity index (χ1v) is 22.1. The third kappa shape index (κ3) is 11.3. The van der Waals surface area contributed by atoms with E-state index in [0.717, 1.165) is 67.5 Å². The Labute approximate surface area is 383 Å². The average Bonchev–Trinajstić information content (AvgIpc) is 3.93. The number of pyridine rings is 3. The highest BCUT2D eigenvalue weighted by Gasteiger charge is 2.26. The van der Waals surface area contributed by atoms with E-state index < -0.39 is 11.6 Å². The van der Waals surface area contributed by atoms with E-state index in [1.807, 2.05) is 40.9 Å². The molecule has 2 saturated heterocycles. The number of nitrogens with zero attached hydrogens (tertiary/aromatic N) is 10. The molecule has 0 aliphatic carbocycles. The smallest absolute Gasteiger partial charge is 0.236 e. The molecule has 9 heterocycles. The van der Waals surface area contributed by atoms with Gasteiger partial charge in [0.1, 0.15) is 11.3 Å². The number of piperidine rings is 2. The Hall–Kier alpha value is -6.37. The molecule has 2 aliphatic rings. The van der Waals surface area contributed by atoms with Gasteiger partial charge in [0.25, 0.3) is 0 Å². The molecule has 7 aromatic heterocycles. The first-order valence-electron chi connectivity index (χ1n) is 21.4. The summed E-state index contributed by atoms with van der Waals surface area (Å²) >= 11 is 12.2. The first-order chi connectivity index (χ1) is 31.5. The van der Waals surface area contributed by atoms with Crippen molar-refractivity contribution in [2.45, 2.75) is 32.1 Å². The SMILES string of the molecule is CN(C)CC(=O)N1CCCC(CNc2nc(-c3c[nH]c4ncc(Cl)cc34)ncc2F)C1.O=C(Cc1cccnc1)N1CCCC(CNc2nc(-c3c[nH]c4ncc(Cl)cc34)ncc2F)C1. The number of carbonyl (C=O) groups is 2. The van der Waals surface area contributed by atoms with Gasteiger partial charge in [0.2, 0.25) is 11.8 Å². The molecule has 2 atom stereocenters. The minimum Gasteiger partial charge on any atom is -0.367 e. The van der Waals surface area contributed by atoms with E-state index in [4.69, 9.17) is 23.2 Å². The third-order valence-corrected chi connectivity index (χ3v) is 11.8. The molecule has 338 valence electrons. The highest BCUT2D eigenvalue weighted by molar-refractivity contribution is 6.31. The normalized spacial score (nSPS) is 16.4. The Kier molecular flexibility index (Phi) is 14.4. The van der Waals surface area contributed by atoms with Gasteiger partial charge in [-0.15, -0.1) is 0 Å². The minimum atomic E-state index is -0.528. The molecule has 2 fully saturated rings. The second-order valence-corrected chi connectivity index (χ2v) is 17.4. The number of nitrogens with one attached hydrogen (secondary N) is 4. The highest BCUT2D eigenvalue weighted by Crippen LogP contribution is 2.30. The molecule has 4 N–H and O–H groups in total. The van der Waals surface area contributed by atoms with Crippen LogP contribution < -0.4 is 10.6 Å². The van der Waals surface area contributed by atoms with E-state index in [2.05, 4.69) is 55.5 Å². The van der Waals surface area contributed by atoms with Gasteiger partial charge in [-0.3, -0.25) is 14.6 Å². The third-order valence-electron chi connectivity index (χ3n) is 11.4. The van der Waals surface area contributed by atoms with Gasteiger partial charge in [-0.1, -0.05) is 29.3 Å². The fourth-order valence-electron chi connectivity index (χ4n) is 8.13. The molecular weight excluding hydrogens is 877 g/mol. The molecule has 0 aromatic carbocycles. The maximum absolute atomic E-state index is 14.5. The van der Waals surface area contributed by atoms with Gasteiger partial charge in [0.15, 0.2) is 34.9 Å². The lowest BCUT2D eigenvalue weighted by atomic mass is 9.97. The van der Waals surface area contributed by atoms with Crippen LogP contribution in [0, 0.1) is 23.5 Å². The monoisotopic (exact) mass is 924 g/mol. The fraction of sp³-hybridized carbons (Fsp3) is 0.356. The molecule has 16 nitrogen and oxygen atoms in total. The highest BCUT2D eigenvalue weighted by atomic mass is 35.5. The van der Waals surface area contributed by atoms with Gasteiger partial charge >= 0.3 is 0 Å². The Morgan fingerprint density at radius 3 is 1.77 bits per heavy atom. The van der Waals surface area contributed by atoms with E-state index in [9.17, 15) is 18.4 Å². The fourth-order valence-corrected chi connectivity index (χ4v) is 8.44. The summed E-state index contributed by atoms with van der Waals surface area (Å²) in [5.74, 6) is 0.614. The largest absolute Gasteiger partial charge is 0.367 e. The van der Waals surface area contributed by atoms with Crippen molar-refractivity contribution in [2.75, 3.05) is 70.5 Å². The molecule has 2 unspecified atom stereocenters. The Bertz CT molecular complexity index is 2770. The number of aromatic nitrogens is 9. The molecule has 0 bridgehead atoms. The second-order valence-electron chi connectivity index (χ2n) is 16.5. The van der Waals surface area contributed by atoms with E-state index in [-0.39, 0.29) is 35.3 Å². The van der Waals surface area contributed by atoms with Crippen LogP contribution in [0.25, 0.3) is 44.8 Å². The standard InChI is InChI=1S/C24H23ClFN7O.C21H25ClFN7O/c25-17-8-18-19(12-30-22(18)29-11-17)23-31-13-20(26)24(32-23)28-10-16-4-2-6-33(14-16)21(34)7-15-3-1-5-27-9-15;1-29(2)12-18(31)30-5-3-4-13(11-30)7-24-21-17(23)10-27-20(28-21)16-9-26-19-15(16)6-14(22)8-25-19/h1,3,5,8-9,11-13,16H,2,4,6-7,10,14H2,(H,29,30)(H,28,31,32);6,8-10,13H,3-5,7,11-12H2,1-2H3,(H,25,26)(H,24,27,28). The molecule has 0 radical (unpaired) electrons. The quantitative estimate of drug-likeness (QED) is 0.0973. The number of fused-ring (bicyclic) bond motifs is 2. The molecule has 2 aliphatic heterocycles. The zero-order valence-electron chi connectivity index (χ0n) is 35.9. The lowest BCUT2D eigenvalue weighted by Gasteiger charge is -2.33. The number of aromatic amines is 2. The van der Waals surface area contributed by atoms with Gasteiger partial charge in [0, 0.05) is 98.3 Å². The molecular formula is C45H48Cl2F2N14O2. The zero-order valence-corrected chi connectivity index (χ0v) is 37.4. The van der Waals surface area contributed by atoms with Crippen LogP contribution in [0.4, 0.5) is 20.4 Å². The summed E-state index contributed by atoms with van der Waals surface area (Å²) in [6.45, 7) is 4.22. The number of hydrogen-bond acceptors (Lipinski definition) is 12. The van der Waals surface area contributed by atoms with Crippen molar-refractivity contribution in [3.05, 3.63) is 101 Å². The van der Waals surface area contributed by atoms with Crippen LogP contribution in [-0.2, 0) is 16.0 Å². The molecule has 20 heteroatoms. The van der Waals surface area contributed by atoms with Crippen LogP contribution in [0.1, 0.15) is 31.2 Å². The van der Waals surface area contributed by atoms with Gasteiger partial charge < -0.3 is 35.3 Å². The van der Waals surface area contributed by atoms with Crippen LogP contribution in [0.5, 0.6) is 0 Å². The van der Waals surface area contributed by atoms with E-state index in [0.29, 0.717) is 83.3 Å². The minimum absolute atomic E-state index is 0.0832. The van der Waals surface area contributed by atoms with Crippen molar-refractivity contribution >= 4 is 68.7 Å². The Morgan fingerprint density at radius 1 is 0.754 bits per heavy atom. The number of hydrogen-bond donors (Lipinski definition) is 4. The number of halogens is 4. The van der Waals surface area contributed by atoms with Crippen molar-refractivity contribution in [1.29, 1.82) is 0 Å². The van der Waals surface area contributed by atoms with Gasteiger partial charge in [0.05, 0.1) is 35.4 Å². The van der Waals surface area contributed by atoms with Crippen molar-refractivity contribution in [3.63, 3.8) is 0 Å². The summed E-state index contributed by atoms with van der Waals surface area (Å²) in [7, 11) is 3.77. The van der Waals surface area contributed by atoms with Crippen LogP contribution >= 0.6 is 23.2 Å². The maximum Gasteiger partial charge on any atom is 0.236 e. The van der Waals surface area contributed by atoms with Crippen molar-refractivity contribution < 1.29 is 18.4 Å². The molecule has 9 rings (SSSR count). The van der Waals surface area contributed by atoms with Crippen molar-refractivity contribution in [3.8, 4) is 22.8 Å². The van der Waals surface area contributed by atoms with Crippen LogP contribution in [0.2, 0.25) is 10.0 Å². The molecule has 0 saturated carbocycles. The number of carbonyl (C=O) groups excluding carboxylic acids is 2. The predicted octanol–water partition coefficient (Wildman–Crippen LogP) is 7.13. The van der Waals surface area contributed by atoms with Gasteiger partial charge in [-0.2, -0.15) is 0 Å². The van der Waals surface area contributed by atoms with E-state index in [1.165, 1.54) is 0 Å². The lowest BCUT2D eigenvalue weighted by molar-refractivity contribution is -0.133. The van der Waals surface area contributed by atoms with Crippen molar-refractivity contribution in [2.24, 2.45) is 11.8 Å². The molecule has 65 heavy (non-hydrogen) atoms. The number of likely N-dealkylation sites (N-methyl/N-ethyl adjacent to an activating group) is 1. The summed E-state index contributed by atoms with van der Waals surface area (Å²) in [5, 5.41) is 8.77. The van der Waals surface area contributed by atoms with E-state index in [1.54, 1.807) is 49.3 Å². The predicted molar refractivity (Wildman–Crippen MR) is 246 cm³/mol. The summed E-state index contributed by atoms with van der Waals surface area (Å²) in [6.07, 6.45) is 16.4. The molecule has 7 aromatic rings. The Balaban J connectivity index is 0.000000178.